The normalized spacial score (nSPS) is 29.2. The molecule has 2 aliphatic rings. The molecule has 0 aromatic heterocycles. The van der Waals surface area contributed by atoms with E-state index >= 15 is 0 Å². The largest absolute Gasteiger partial charge is 0.519 e. The lowest BCUT2D eigenvalue weighted by atomic mass is 9.91. The van der Waals surface area contributed by atoms with E-state index in [1.807, 2.05) is 20.8 Å². The van der Waals surface area contributed by atoms with Crippen LogP contribution >= 0.6 is 0 Å². The Balaban J connectivity index is 2.40. The monoisotopic (exact) mass is 354 g/mol. The maximum absolute atomic E-state index is 12.5. The number of hydrogen-bond acceptors (Lipinski definition) is 4. The number of quaternary nitrogens is 1. The van der Waals surface area contributed by atoms with E-state index in [0.717, 1.165) is 31.3 Å². The van der Waals surface area contributed by atoms with Crippen LogP contribution in [-0.4, -0.2) is 46.8 Å². The van der Waals surface area contributed by atoms with Crippen LogP contribution in [0.5, 0.6) is 0 Å². The third kappa shape index (κ3) is 4.42. The quantitative estimate of drug-likeness (QED) is 0.349. The summed E-state index contributed by atoms with van der Waals surface area (Å²) in [4.78, 5) is 24.2. The van der Waals surface area contributed by atoms with E-state index in [1.165, 1.54) is 13.3 Å². The summed E-state index contributed by atoms with van der Waals surface area (Å²) in [5.74, 6) is -0.386. The Kier molecular flexibility index (Phi) is 6.63. The summed E-state index contributed by atoms with van der Waals surface area (Å²) < 4.78 is 11.3. The van der Waals surface area contributed by atoms with Gasteiger partial charge in [-0.25, -0.2) is 0 Å². The molecule has 3 unspecified atom stereocenters. The number of amides is 1. The number of carbonyl (C=O) groups excluding carboxylic acids is 1. The summed E-state index contributed by atoms with van der Waals surface area (Å²) in [6.07, 6.45) is 5.67. The van der Waals surface area contributed by atoms with Crippen LogP contribution in [0.2, 0.25) is 0 Å². The third-order valence-corrected chi connectivity index (χ3v) is 5.44. The highest BCUT2D eigenvalue weighted by atomic mass is 16.7. The van der Waals surface area contributed by atoms with Crippen LogP contribution in [-0.2, 0) is 14.3 Å². The fraction of sp³-hybridized carbons (Fsp3) is 0.789. The Morgan fingerprint density at radius 2 is 1.88 bits per heavy atom. The second-order valence-corrected chi connectivity index (χ2v) is 7.78. The zero-order valence-corrected chi connectivity index (χ0v) is 15.9. The molecular formula is C19H32NO5+. The molecule has 0 radical (unpaired) electrons. The molecule has 1 heterocycles. The van der Waals surface area contributed by atoms with Crippen LogP contribution in [0.1, 0.15) is 66.2 Å². The van der Waals surface area contributed by atoms with Gasteiger partial charge in [-0.1, -0.05) is 39.2 Å². The van der Waals surface area contributed by atoms with E-state index < -0.39 is 18.5 Å². The summed E-state index contributed by atoms with van der Waals surface area (Å²) >= 11 is 0. The molecule has 0 bridgehead atoms. The maximum atomic E-state index is 12.5. The van der Waals surface area contributed by atoms with Gasteiger partial charge in [-0.15, -0.1) is 0 Å². The topological polar surface area (TPSA) is 72.8 Å². The van der Waals surface area contributed by atoms with Crippen molar-refractivity contribution in [2.45, 2.75) is 84.8 Å². The number of esters is 1. The molecule has 3 atom stereocenters. The van der Waals surface area contributed by atoms with Crippen molar-refractivity contribution in [3.8, 4) is 0 Å². The van der Waals surface area contributed by atoms with Crippen molar-refractivity contribution in [3.05, 3.63) is 11.6 Å². The van der Waals surface area contributed by atoms with Gasteiger partial charge in [0.05, 0.1) is 6.10 Å². The summed E-state index contributed by atoms with van der Waals surface area (Å²) in [6.45, 7) is 7.56. The lowest BCUT2D eigenvalue weighted by Crippen LogP contribution is -2.69. The van der Waals surface area contributed by atoms with Gasteiger partial charge in [0.25, 0.3) is 0 Å². The van der Waals surface area contributed by atoms with Gasteiger partial charge >= 0.3 is 18.5 Å². The molecule has 1 fully saturated rings. The van der Waals surface area contributed by atoms with E-state index in [0.29, 0.717) is 13.0 Å². The van der Waals surface area contributed by atoms with Gasteiger partial charge in [-0.05, 0) is 25.3 Å². The lowest BCUT2D eigenvalue weighted by molar-refractivity contribution is -0.951. The van der Waals surface area contributed by atoms with Crippen molar-refractivity contribution in [1.82, 2.24) is 0 Å². The molecule has 1 saturated carbocycles. The van der Waals surface area contributed by atoms with Crippen LogP contribution in [0, 0.1) is 5.92 Å². The van der Waals surface area contributed by atoms with Gasteiger partial charge in [0.1, 0.15) is 12.6 Å². The van der Waals surface area contributed by atoms with Crippen LogP contribution in [0.3, 0.4) is 0 Å². The molecule has 0 spiro atoms. The minimum atomic E-state index is -1.10. The zero-order valence-electron chi connectivity index (χ0n) is 15.9. The molecule has 1 N–H and O–H groups in total. The average molecular weight is 354 g/mol. The highest BCUT2D eigenvalue weighted by Crippen LogP contribution is 2.36. The van der Waals surface area contributed by atoms with Crippen molar-refractivity contribution in [1.29, 1.82) is 0 Å². The Hall–Kier alpha value is -1.40. The standard InChI is InChI=1S/C19H31NO5/c1-13(2)17-11-10-14(3)12-20(17,18(22)23)19(24-15(4)21)25-16-8-6-5-7-9-16/h10,13,16-17,19H,5-9,11-12H2,1-4H3/p+1. The maximum Gasteiger partial charge on any atom is 0.519 e. The summed E-state index contributed by atoms with van der Waals surface area (Å²) in [7, 11) is 0. The van der Waals surface area contributed by atoms with E-state index in [1.54, 1.807) is 0 Å². The Morgan fingerprint density at radius 3 is 2.40 bits per heavy atom. The van der Waals surface area contributed by atoms with Gasteiger partial charge in [0.2, 0.25) is 0 Å². The van der Waals surface area contributed by atoms with Gasteiger partial charge in [-0.2, -0.15) is 9.28 Å². The highest BCUT2D eigenvalue weighted by molar-refractivity contribution is 5.66. The number of hydrogen-bond donors (Lipinski definition) is 1. The van der Waals surface area contributed by atoms with Crippen LogP contribution in [0.15, 0.2) is 11.6 Å². The number of ether oxygens (including phenoxy) is 2. The van der Waals surface area contributed by atoms with Crippen LogP contribution in [0.25, 0.3) is 0 Å². The second-order valence-electron chi connectivity index (χ2n) is 7.78. The molecule has 142 valence electrons. The van der Waals surface area contributed by atoms with Gasteiger partial charge in [0, 0.05) is 19.3 Å². The van der Waals surface area contributed by atoms with Gasteiger partial charge < -0.3 is 9.84 Å². The van der Waals surface area contributed by atoms with Gasteiger partial charge in [0.15, 0.2) is 0 Å². The SMILES string of the molecule is CC(=O)OC(OC1CCCCC1)[N+]1(C(=O)O)CC(C)=CCC1C(C)C. The first-order chi connectivity index (χ1) is 11.8. The van der Waals surface area contributed by atoms with E-state index in [4.69, 9.17) is 9.47 Å². The first-order valence-corrected chi connectivity index (χ1v) is 9.36. The molecule has 0 aromatic carbocycles. The minimum absolute atomic E-state index is 0.0496. The molecule has 6 heteroatoms. The second kappa shape index (κ2) is 8.32. The first-order valence-electron chi connectivity index (χ1n) is 9.36. The van der Waals surface area contributed by atoms with Crippen molar-refractivity contribution < 1.29 is 28.7 Å². The predicted octanol–water partition coefficient (Wildman–Crippen LogP) is 4.05. The van der Waals surface area contributed by atoms with E-state index in [-0.39, 0.29) is 22.5 Å². The van der Waals surface area contributed by atoms with Crippen LogP contribution in [0.4, 0.5) is 4.79 Å². The Morgan fingerprint density at radius 1 is 1.24 bits per heavy atom. The number of nitrogens with zero attached hydrogens (tertiary/aromatic N) is 1. The van der Waals surface area contributed by atoms with Crippen molar-refractivity contribution in [2.75, 3.05) is 6.54 Å². The third-order valence-electron chi connectivity index (χ3n) is 5.44. The Labute approximate surface area is 150 Å². The van der Waals surface area contributed by atoms with Crippen LogP contribution < -0.4 is 0 Å². The van der Waals surface area contributed by atoms with E-state index in [2.05, 4.69) is 6.08 Å². The minimum Gasteiger partial charge on any atom is -0.435 e. The fourth-order valence-corrected chi connectivity index (χ4v) is 4.18. The molecule has 1 aliphatic heterocycles. The number of carbonyl (C=O) groups is 2. The molecule has 0 saturated heterocycles. The smallest absolute Gasteiger partial charge is 0.435 e. The predicted molar refractivity (Wildman–Crippen MR) is 93.7 cm³/mol. The molecule has 25 heavy (non-hydrogen) atoms. The highest BCUT2D eigenvalue weighted by Gasteiger charge is 2.56. The molecule has 0 aromatic rings. The van der Waals surface area contributed by atoms with E-state index in [9.17, 15) is 14.7 Å². The fourth-order valence-electron chi connectivity index (χ4n) is 4.18. The van der Waals surface area contributed by atoms with Crippen molar-refractivity contribution in [2.24, 2.45) is 5.92 Å². The summed E-state index contributed by atoms with van der Waals surface area (Å²) in [6, 6.07) is -0.200. The molecular weight excluding hydrogens is 322 g/mol. The van der Waals surface area contributed by atoms with Crippen molar-refractivity contribution in [3.63, 3.8) is 0 Å². The first kappa shape index (κ1) is 19.9. The molecule has 1 aliphatic carbocycles. The summed E-state index contributed by atoms with van der Waals surface area (Å²) in [5, 5.41) is 10.2. The molecule has 2 rings (SSSR count). The molecule has 1 amide bonds. The van der Waals surface area contributed by atoms with Crippen molar-refractivity contribution >= 4 is 12.1 Å². The summed E-state index contributed by atoms with van der Waals surface area (Å²) in [5.41, 5.74) is 0.990. The van der Waals surface area contributed by atoms with Gasteiger partial charge in [-0.3, -0.25) is 9.53 Å². The number of carboxylic acid groups (broad SMARTS) is 1. The Bertz CT molecular complexity index is 524. The number of rotatable bonds is 5. The molecule has 6 nitrogen and oxygen atoms in total. The average Bonchev–Trinajstić information content (AvgIpc) is 2.54. The lowest BCUT2D eigenvalue weighted by Gasteiger charge is -2.47. The zero-order chi connectivity index (χ0) is 18.6.